The van der Waals surface area contributed by atoms with Gasteiger partial charge in [0.2, 0.25) is 0 Å². The summed E-state index contributed by atoms with van der Waals surface area (Å²) in [4.78, 5) is 5.78. The Morgan fingerprint density at radius 3 is 2.91 bits per heavy atom. The Kier molecular flexibility index (Phi) is 3.70. The molecule has 118 valence electrons. The van der Waals surface area contributed by atoms with E-state index in [1.807, 2.05) is 6.20 Å². The first-order chi connectivity index (χ1) is 11.3. The summed E-state index contributed by atoms with van der Waals surface area (Å²) in [6.45, 7) is 3.20. The standard InChI is InChI=1S/C20H23N3/c1-2-3-8-20-22-18-6-4-5-7-19(18)23(20)14-15-9-10-17-16(13-15)11-12-21-17/h4-7,9-13,20-22H,2-3,8,14H2,1H3. The summed E-state index contributed by atoms with van der Waals surface area (Å²) in [5.41, 5.74) is 5.15. The Morgan fingerprint density at radius 2 is 2.00 bits per heavy atom. The van der Waals surface area contributed by atoms with Crippen LogP contribution in [0.25, 0.3) is 10.9 Å². The Balaban J connectivity index is 1.63. The van der Waals surface area contributed by atoms with Crippen molar-refractivity contribution >= 4 is 22.3 Å². The molecule has 1 atom stereocenters. The summed E-state index contributed by atoms with van der Waals surface area (Å²) in [5.74, 6) is 0. The van der Waals surface area contributed by atoms with E-state index in [2.05, 4.69) is 70.7 Å². The Labute approximate surface area is 137 Å². The van der Waals surface area contributed by atoms with Crippen molar-refractivity contribution in [1.82, 2.24) is 4.98 Å². The van der Waals surface area contributed by atoms with E-state index in [9.17, 15) is 0 Å². The van der Waals surface area contributed by atoms with Crippen LogP contribution < -0.4 is 10.2 Å². The molecule has 1 aliphatic heterocycles. The maximum absolute atomic E-state index is 3.69. The molecule has 0 spiro atoms. The number of hydrogen-bond acceptors (Lipinski definition) is 2. The molecule has 1 aromatic heterocycles. The largest absolute Gasteiger partial charge is 0.363 e. The van der Waals surface area contributed by atoms with E-state index < -0.39 is 0 Å². The van der Waals surface area contributed by atoms with Crippen molar-refractivity contribution in [2.24, 2.45) is 0 Å². The first-order valence-corrected chi connectivity index (χ1v) is 8.53. The fourth-order valence-corrected chi connectivity index (χ4v) is 3.49. The van der Waals surface area contributed by atoms with Crippen LogP contribution >= 0.6 is 0 Å². The number of H-pyrrole nitrogens is 1. The number of aromatic amines is 1. The number of para-hydroxylation sites is 2. The van der Waals surface area contributed by atoms with Gasteiger partial charge in [-0.1, -0.05) is 31.5 Å². The molecule has 3 nitrogen and oxygen atoms in total. The average molecular weight is 305 g/mol. The third kappa shape index (κ3) is 2.67. The second kappa shape index (κ2) is 5.99. The second-order valence-electron chi connectivity index (χ2n) is 6.35. The highest BCUT2D eigenvalue weighted by atomic mass is 15.3. The molecular weight excluding hydrogens is 282 g/mol. The van der Waals surface area contributed by atoms with Crippen LogP contribution in [0, 0.1) is 0 Å². The summed E-state index contributed by atoms with van der Waals surface area (Å²) < 4.78 is 0. The molecule has 2 heterocycles. The van der Waals surface area contributed by atoms with Crippen molar-refractivity contribution in [3.8, 4) is 0 Å². The van der Waals surface area contributed by atoms with E-state index in [0.29, 0.717) is 6.17 Å². The van der Waals surface area contributed by atoms with Gasteiger partial charge in [0.1, 0.15) is 0 Å². The van der Waals surface area contributed by atoms with Crippen LogP contribution in [0.3, 0.4) is 0 Å². The highest BCUT2D eigenvalue weighted by Gasteiger charge is 2.27. The average Bonchev–Trinajstić information content (AvgIpc) is 3.17. The normalized spacial score (nSPS) is 16.6. The molecule has 0 bridgehead atoms. The van der Waals surface area contributed by atoms with Crippen LogP contribution in [0.2, 0.25) is 0 Å². The highest BCUT2D eigenvalue weighted by molar-refractivity contribution is 5.80. The summed E-state index contributed by atoms with van der Waals surface area (Å²) in [6.07, 6.45) is 6.06. The van der Waals surface area contributed by atoms with E-state index >= 15 is 0 Å². The maximum Gasteiger partial charge on any atom is 0.0994 e. The molecule has 1 unspecified atom stereocenters. The smallest absolute Gasteiger partial charge is 0.0994 e. The molecule has 4 rings (SSSR count). The van der Waals surface area contributed by atoms with Gasteiger partial charge in [0.05, 0.1) is 17.5 Å². The zero-order chi connectivity index (χ0) is 15.6. The van der Waals surface area contributed by atoms with E-state index in [1.165, 1.54) is 47.1 Å². The number of unbranched alkanes of at least 4 members (excludes halogenated alkanes) is 1. The van der Waals surface area contributed by atoms with Gasteiger partial charge in [0.25, 0.3) is 0 Å². The molecule has 3 aromatic rings. The number of anilines is 2. The lowest BCUT2D eigenvalue weighted by molar-refractivity contribution is 0.585. The van der Waals surface area contributed by atoms with Crippen molar-refractivity contribution in [1.29, 1.82) is 0 Å². The molecule has 0 saturated carbocycles. The molecule has 0 fully saturated rings. The van der Waals surface area contributed by atoms with Gasteiger partial charge in [0.15, 0.2) is 0 Å². The van der Waals surface area contributed by atoms with Gasteiger partial charge >= 0.3 is 0 Å². The molecule has 23 heavy (non-hydrogen) atoms. The number of nitrogens with one attached hydrogen (secondary N) is 2. The Hall–Kier alpha value is -2.42. The van der Waals surface area contributed by atoms with Gasteiger partial charge in [0, 0.05) is 18.3 Å². The topological polar surface area (TPSA) is 31.1 Å². The minimum Gasteiger partial charge on any atom is -0.363 e. The molecular formula is C20H23N3. The van der Waals surface area contributed by atoms with E-state index in [4.69, 9.17) is 0 Å². The van der Waals surface area contributed by atoms with Gasteiger partial charge in [-0.05, 0) is 54.1 Å². The van der Waals surface area contributed by atoms with Crippen molar-refractivity contribution in [3.63, 3.8) is 0 Å². The predicted octanol–water partition coefficient (Wildman–Crippen LogP) is 5.12. The molecule has 2 N–H and O–H groups in total. The number of nitrogens with zero attached hydrogens (tertiary/aromatic N) is 1. The monoisotopic (exact) mass is 305 g/mol. The minimum absolute atomic E-state index is 0.397. The van der Waals surface area contributed by atoms with E-state index in [1.54, 1.807) is 0 Å². The number of rotatable bonds is 5. The third-order valence-corrected chi connectivity index (χ3v) is 4.71. The highest BCUT2D eigenvalue weighted by Crippen LogP contribution is 2.37. The quantitative estimate of drug-likeness (QED) is 0.686. The number of fused-ring (bicyclic) bond motifs is 2. The van der Waals surface area contributed by atoms with Crippen LogP contribution in [-0.2, 0) is 6.54 Å². The lowest BCUT2D eigenvalue weighted by Crippen LogP contribution is -2.35. The van der Waals surface area contributed by atoms with Gasteiger partial charge in [-0.3, -0.25) is 0 Å². The van der Waals surface area contributed by atoms with Crippen molar-refractivity contribution < 1.29 is 0 Å². The van der Waals surface area contributed by atoms with Gasteiger partial charge in [-0.25, -0.2) is 0 Å². The zero-order valence-electron chi connectivity index (χ0n) is 13.5. The molecule has 0 amide bonds. The third-order valence-electron chi connectivity index (χ3n) is 4.71. The van der Waals surface area contributed by atoms with Gasteiger partial charge < -0.3 is 15.2 Å². The number of hydrogen-bond donors (Lipinski definition) is 2. The number of benzene rings is 2. The van der Waals surface area contributed by atoms with Crippen molar-refractivity contribution in [2.75, 3.05) is 10.2 Å². The van der Waals surface area contributed by atoms with Crippen LogP contribution in [0.1, 0.15) is 31.7 Å². The number of aromatic nitrogens is 1. The molecule has 0 radical (unpaired) electrons. The summed E-state index contributed by atoms with van der Waals surface area (Å²) >= 11 is 0. The molecule has 3 heteroatoms. The fraction of sp³-hybridized carbons (Fsp3) is 0.300. The van der Waals surface area contributed by atoms with Crippen LogP contribution in [0.5, 0.6) is 0 Å². The lowest BCUT2D eigenvalue weighted by atomic mass is 10.1. The van der Waals surface area contributed by atoms with E-state index in [0.717, 1.165) is 6.54 Å². The first-order valence-electron chi connectivity index (χ1n) is 8.53. The van der Waals surface area contributed by atoms with Crippen molar-refractivity contribution in [3.05, 3.63) is 60.3 Å². The SMILES string of the molecule is CCCCC1Nc2ccccc2N1Cc1ccc2[nH]ccc2c1. The summed E-state index contributed by atoms with van der Waals surface area (Å²) in [5, 5.41) is 4.98. The molecule has 2 aromatic carbocycles. The van der Waals surface area contributed by atoms with Crippen molar-refractivity contribution in [2.45, 2.75) is 38.9 Å². The van der Waals surface area contributed by atoms with E-state index in [-0.39, 0.29) is 0 Å². The minimum atomic E-state index is 0.397. The predicted molar refractivity (Wildman–Crippen MR) is 97.9 cm³/mol. The van der Waals surface area contributed by atoms with Crippen LogP contribution in [-0.4, -0.2) is 11.1 Å². The molecule has 1 aliphatic rings. The maximum atomic E-state index is 3.69. The van der Waals surface area contributed by atoms with Crippen LogP contribution in [0.4, 0.5) is 11.4 Å². The van der Waals surface area contributed by atoms with Gasteiger partial charge in [-0.15, -0.1) is 0 Å². The zero-order valence-corrected chi connectivity index (χ0v) is 13.5. The fourth-order valence-electron chi connectivity index (χ4n) is 3.49. The van der Waals surface area contributed by atoms with Crippen LogP contribution in [0.15, 0.2) is 54.7 Å². The summed E-state index contributed by atoms with van der Waals surface area (Å²) in [6, 6.07) is 17.5. The van der Waals surface area contributed by atoms with Gasteiger partial charge in [-0.2, -0.15) is 0 Å². The molecule has 0 aliphatic carbocycles. The Bertz CT molecular complexity index is 805. The lowest BCUT2D eigenvalue weighted by Gasteiger charge is -2.27. The molecule has 0 saturated heterocycles. The summed E-state index contributed by atoms with van der Waals surface area (Å²) in [7, 11) is 0. The second-order valence-corrected chi connectivity index (χ2v) is 6.35. The first kappa shape index (κ1) is 14.2. The Morgan fingerprint density at radius 1 is 1.09 bits per heavy atom.